The molecule has 0 amide bonds. The van der Waals surface area contributed by atoms with Gasteiger partial charge in [0.2, 0.25) is 0 Å². The molecular formula is C13H28N2O. The fourth-order valence-corrected chi connectivity index (χ4v) is 1.92. The molecule has 0 aromatic carbocycles. The zero-order valence-corrected chi connectivity index (χ0v) is 11.0. The van der Waals surface area contributed by atoms with Crippen molar-refractivity contribution in [3.05, 3.63) is 4.91 Å². The smallest absolute Gasteiger partial charge is 0.0498 e. The standard InChI is InChI=1S/C13H28N2O/c1-3-4-5-6-7-8-9-10-11-12-13(2)14-15-16/h13H,3-12H2,1-2H3,(H,14,16). The third-order valence-corrected chi connectivity index (χ3v) is 3.01. The van der Waals surface area contributed by atoms with Crippen molar-refractivity contribution in [2.45, 2.75) is 84.1 Å². The van der Waals surface area contributed by atoms with Crippen molar-refractivity contribution in [1.82, 2.24) is 5.43 Å². The largest absolute Gasteiger partial charge is 0.271 e. The highest BCUT2D eigenvalue weighted by molar-refractivity contribution is 4.57. The molecule has 0 radical (unpaired) electrons. The molecule has 0 aliphatic carbocycles. The number of hydrogen-bond acceptors (Lipinski definition) is 2. The molecule has 0 heterocycles. The maximum absolute atomic E-state index is 9.91. The molecule has 1 unspecified atom stereocenters. The number of unbranched alkanes of at least 4 members (excludes halogenated alkanes) is 8. The van der Waals surface area contributed by atoms with Gasteiger partial charge in [-0.25, -0.2) is 0 Å². The Kier molecular flexibility index (Phi) is 12.0. The van der Waals surface area contributed by atoms with Crippen molar-refractivity contribution >= 4 is 0 Å². The van der Waals surface area contributed by atoms with Crippen LogP contribution in [0.4, 0.5) is 0 Å². The molecule has 1 atom stereocenters. The quantitative estimate of drug-likeness (QED) is 0.302. The minimum absolute atomic E-state index is 0.238. The number of nitrogens with one attached hydrogen (secondary N) is 1. The number of nitroso groups, excluding NO2 is 1. The lowest BCUT2D eigenvalue weighted by Crippen LogP contribution is -2.19. The lowest BCUT2D eigenvalue weighted by molar-refractivity contribution is 0.485. The highest BCUT2D eigenvalue weighted by Gasteiger charge is 1.99. The summed E-state index contributed by atoms with van der Waals surface area (Å²) in [6.07, 6.45) is 13.2. The van der Waals surface area contributed by atoms with Crippen LogP contribution in [0.2, 0.25) is 0 Å². The Morgan fingerprint density at radius 2 is 1.44 bits per heavy atom. The predicted octanol–water partition coefficient (Wildman–Crippen LogP) is 4.57. The van der Waals surface area contributed by atoms with Crippen molar-refractivity contribution in [2.75, 3.05) is 0 Å². The predicted molar refractivity (Wildman–Crippen MR) is 70.2 cm³/mol. The van der Waals surface area contributed by atoms with Gasteiger partial charge in [-0.15, -0.1) is 4.91 Å². The molecule has 1 N–H and O–H groups in total. The average Bonchev–Trinajstić information content (AvgIpc) is 2.27. The molecule has 0 spiro atoms. The highest BCUT2D eigenvalue weighted by Crippen LogP contribution is 2.11. The van der Waals surface area contributed by atoms with Gasteiger partial charge in [-0.05, 0) is 13.3 Å². The molecule has 0 aromatic heterocycles. The third kappa shape index (κ3) is 11.5. The highest BCUT2D eigenvalue weighted by atomic mass is 16.3. The van der Waals surface area contributed by atoms with E-state index in [1.807, 2.05) is 6.92 Å². The maximum atomic E-state index is 9.91. The SMILES string of the molecule is CCCCCCCCCCCC(C)NN=O. The molecule has 0 aromatic rings. The van der Waals surface area contributed by atoms with Gasteiger partial charge in [0.1, 0.15) is 0 Å². The summed E-state index contributed by atoms with van der Waals surface area (Å²) in [5.41, 5.74) is 2.54. The summed E-state index contributed by atoms with van der Waals surface area (Å²) in [4.78, 5) is 9.91. The van der Waals surface area contributed by atoms with Crippen LogP contribution in [0.15, 0.2) is 5.29 Å². The topological polar surface area (TPSA) is 41.5 Å². The monoisotopic (exact) mass is 228 g/mol. The van der Waals surface area contributed by atoms with E-state index in [4.69, 9.17) is 0 Å². The Balaban J connectivity index is 3.00. The van der Waals surface area contributed by atoms with E-state index >= 15 is 0 Å². The first-order valence-electron chi connectivity index (χ1n) is 6.89. The van der Waals surface area contributed by atoms with E-state index < -0.39 is 0 Å². The van der Waals surface area contributed by atoms with Crippen LogP contribution in [0.1, 0.15) is 78.1 Å². The first-order chi connectivity index (χ1) is 7.81. The molecule has 96 valence electrons. The van der Waals surface area contributed by atoms with Crippen LogP contribution in [0, 0.1) is 4.91 Å². The zero-order valence-electron chi connectivity index (χ0n) is 11.0. The van der Waals surface area contributed by atoms with Gasteiger partial charge in [-0.1, -0.05) is 64.7 Å². The second kappa shape index (κ2) is 12.5. The molecule has 0 rings (SSSR count). The zero-order chi connectivity index (χ0) is 12.1. The number of nitrogens with zero attached hydrogens (tertiary/aromatic N) is 1. The van der Waals surface area contributed by atoms with Crippen molar-refractivity contribution < 1.29 is 0 Å². The van der Waals surface area contributed by atoms with Gasteiger partial charge >= 0.3 is 0 Å². The summed E-state index contributed by atoms with van der Waals surface area (Å²) in [5.74, 6) is 0. The van der Waals surface area contributed by atoms with E-state index in [1.54, 1.807) is 0 Å². The molecule has 3 nitrogen and oxygen atoms in total. The molecule has 16 heavy (non-hydrogen) atoms. The normalized spacial score (nSPS) is 12.4. The molecule has 0 saturated heterocycles. The molecule has 0 fully saturated rings. The van der Waals surface area contributed by atoms with Gasteiger partial charge in [0, 0.05) is 11.3 Å². The van der Waals surface area contributed by atoms with Gasteiger partial charge in [0.15, 0.2) is 0 Å². The Bertz CT molecular complexity index is 151. The van der Waals surface area contributed by atoms with Crippen LogP contribution in [0.5, 0.6) is 0 Å². The minimum Gasteiger partial charge on any atom is -0.271 e. The van der Waals surface area contributed by atoms with Crippen LogP contribution in [-0.4, -0.2) is 6.04 Å². The van der Waals surface area contributed by atoms with Crippen LogP contribution in [0.3, 0.4) is 0 Å². The van der Waals surface area contributed by atoms with Crippen molar-refractivity contribution in [3.63, 3.8) is 0 Å². The van der Waals surface area contributed by atoms with Crippen LogP contribution < -0.4 is 5.43 Å². The molecule has 0 aliphatic heterocycles. The maximum Gasteiger partial charge on any atom is 0.0498 e. The summed E-state index contributed by atoms with van der Waals surface area (Å²) in [7, 11) is 0. The fraction of sp³-hybridized carbons (Fsp3) is 1.00. The molecule has 3 heteroatoms. The van der Waals surface area contributed by atoms with Crippen LogP contribution >= 0.6 is 0 Å². The van der Waals surface area contributed by atoms with E-state index in [2.05, 4.69) is 17.6 Å². The molecular weight excluding hydrogens is 200 g/mol. The second-order valence-corrected chi connectivity index (χ2v) is 4.74. The van der Waals surface area contributed by atoms with E-state index in [1.165, 1.54) is 57.8 Å². The van der Waals surface area contributed by atoms with Crippen LogP contribution in [-0.2, 0) is 0 Å². The van der Waals surface area contributed by atoms with Gasteiger partial charge in [0.25, 0.3) is 0 Å². The summed E-state index contributed by atoms with van der Waals surface area (Å²) in [5, 5.41) is 2.69. The summed E-state index contributed by atoms with van der Waals surface area (Å²) in [6, 6.07) is 0.238. The molecule has 0 bridgehead atoms. The number of hydrogen-bond donors (Lipinski definition) is 1. The summed E-state index contributed by atoms with van der Waals surface area (Å²) >= 11 is 0. The molecule has 0 saturated carbocycles. The first-order valence-corrected chi connectivity index (χ1v) is 6.89. The van der Waals surface area contributed by atoms with Gasteiger partial charge < -0.3 is 0 Å². The van der Waals surface area contributed by atoms with E-state index in [0.717, 1.165) is 6.42 Å². The second-order valence-electron chi connectivity index (χ2n) is 4.74. The fourth-order valence-electron chi connectivity index (χ4n) is 1.92. The summed E-state index contributed by atoms with van der Waals surface area (Å²) < 4.78 is 0. The van der Waals surface area contributed by atoms with Crippen molar-refractivity contribution in [1.29, 1.82) is 0 Å². The summed E-state index contributed by atoms with van der Waals surface area (Å²) in [6.45, 7) is 4.26. The molecule has 0 aliphatic rings. The Morgan fingerprint density at radius 3 is 1.94 bits per heavy atom. The van der Waals surface area contributed by atoms with Crippen LogP contribution in [0.25, 0.3) is 0 Å². The Hall–Kier alpha value is -0.600. The first kappa shape index (κ1) is 15.4. The number of rotatable bonds is 12. The van der Waals surface area contributed by atoms with Crippen molar-refractivity contribution in [3.8, 4) is 0 Å². The third-order valence-electron chi connectivity index (χ3n) is 3.01. The van der Waals surface area contributed by atoms with E-state index in [0.29, 0.717) is 0 Å². The van der Waals surface area contributed by atoms with Crippen molar-refractivity contribution in [2.24, 2.45) is 5.29 Å². The lowest BCUT2D eigenvalue weighted by Gasteiger charge is -2.07. The Morgan fingerprint density at radius 1 is 0.938 bits per heavy atom. The van der Waals surface area contributed by atoms with Gasteiger partial charge in [0.05, 0.1) is 0 Å². The van der Waals surface area contributed by atoms with E-state index in [9.17, 15) is 4.91 Å². The lowest BCUT2D eigenvalue weighted by atomic mass is 10.1. The van der Waals surface area contributed by atoms with Gasteiger partial charge in [-0.2, -0.15) is 0 Å². The Labute approximate surface area is 100 Å². The van der Waals surface area contributed by atoms with Gasteiger partial charge in [-0.3, -0.25) is 5.43 Å². The van der Waals surface area contributed by atoms with E-state index in [-0.39, 0.29) is 6.04 Å². The average molecular weight is 228 g/mol. The minimum atomic E-state index is 0.238.